The van der Waals surface area contributed by atoms with Crippen molar-refractivity contribution in [3.8, 4) is 28.4 Å². The van der Waals surface area contributed by atoms with Crippen LogP contribution in [-0.2, 0) is 0 Å². The third kappa shape index (κ3) is 3.84. The summed E-state index contributed by atoms with van der Waals surface area (Å²) in [6, 6.07) is 59.7. The standard InChI is InChI=1S/C42H27BO2SSi/c1-3-14-28(15-4-1)47(29-16-5-2-6-17-29,40-25-13-20-33-32-19-8-12-24-39(32)46-42(33)40)30-26-34-31-18-7-10-22-36(31)45-43-35-21-9-11-23-37(35)44-38(27-30)41(34)43/h1-27H. The molecule has 0 aliphatic carbocycles. The van der Waals surface area contributed by atoms with E-state index in [2.05, 4.69) is 158 Å². The minimum Gasteiger partial charge on any atom is -0.551 e. The molecule has 0 atom stereocenters. The zero-order chi connectivity index (χ0) is 31.0. The molecule has 0 radical (unpaired) electrons. The van der Waals surface area contributed by atoms with Crippen LogP contribution in [-0.4, -0.2) is 15.0 Å². The second kappa shape index (κ2) is 10.3. The third-order valence-electron chi connectivity index (χ3n) is 9.90. The fraction of sp³-hybridized carbons (Fsp3) is 0. The normalized spacial score (nSPS) is 13.0. The van der Waals surface area contributed by atoms with Crippen LogP contribution in [0.1, 0.15) is 0 Å². The molecule has 0 fully saturated rings. The first kappa shape index (κ1) is 26.8. The molecule has 0 saturated carbocycles. The molecule has 2 nitrogen and oxygen atoms in total. The molecule has 5 heteroatoms. The van der Waals surface area contributed by atoms with Crippen LogP contribution in [0.2, 0.25) is 0 Å². The largest absolute Gasteiger partial charge is 0.551 e. The number of fused-ring (bicyclic) bond motifs is 7. The maximum Gasteiger partial charge on any atom is 0.434 e. The molecule has 8 aromatic rings. The van der Waals surface area contributed by atoms with Crippen molar-refractivity contribution in [1.29, 1.82) is 0 Å². The van der Waals surface area contributed by atoms with Crippen molar-refractivity contribution in [1.82, 2.24) is 0 Å². The summed E-state index contributed by atoms with van der Waals surface area (Å²) >= 11 is 1.91. The van der Waals surface area contributed by atoms with E-state index in [1.54, 1.807) is 0 Å². The van der Waals surface area contributed by atoms with Gasteiger partial charge in [-0.2, -0.15) is 0 Å². The van der Waals surface area contributed by atoms with Gasteiger partial charge in [0.1, 0.15) is 17.2 Å². The number of ether oxygens (including phenoxy) is 1. The van der Waals surface area contributed by atoms with Gasteiger partial charge in [-0.15, -0.1) is 11.3 Å². The molecule has 0 saturated heterocycles. The highest BCUT2D eigenvalue weighted by Gasteiger charge is 2.47. The lowest BCUT2D eigenvalue weighted by molar-refractivity contribution is 0.480. The average molecular weight is 635 g/mol. The summed E-state index contributed by atoms with van der Waals surface area (Å²) in [5.41, 5.74) is 4.46. The van der Waals surface area contributed by atoms with Crippen molar-refractivity contribution >= 4 is 78.2 Å². The summed E-state index contributed by atoms with van der Waals surface area (Å²) in [6.07, 6.45) is 0. The Morgan fingerprint density at radius 1 is 0.489 bits per heavy atom. The van der Waals surface area contributed by atoms with Gasteiger partial charge < -0.3 is 9.39 Å². The Bertz CT molecular complexity index is 2450. The van der Waals surface area contributed by atoms with Gasteiger partial charge in [0.25, 0.3) is 0 Å². The fourth-order valence-electron chi connectivity index (χ4n) is 7.91. The van der Waals surface area contributed by atoms with E-state index in [-0.39, 0.29) is 6.92 Å². The molecule has 0 N–H and O–H groups in total. The minimum absolute atomic E-state index is 0.232. The topological polar surface area (TPSA) is 18.5 Å². The quantitative estimate of drug-likeness (QED) is 0.159. The van der Waals surface area contributed by atoms with E-state index in [0.717, 1.165) is 33.7 Å². The summed E-state index contributed by atoms with van der Waals surface area (Å²) in [5, 5.41) is 8.01. The zero-order valence-electron chi connectivity index (χ0n) is 25.4. The van der Waals surface area contributed by atoms with Gasteiger partial charge in [0.2, 0.25) is 0 Å². The molecule has 47 heavy (non-hydrogen) atoms. The van der Waals surface area contributed by atoms with E-state index < -0.39 is 8.07 Å². The SMILES string of the molecule is c1ccc([Si](c2ccccc2)(c2cc3c4c(c2)-c2ccccc2OB4c2ccccc2O3)c2cccc3c2sc2ccccc23)cc1. The molecule has 3 heterocycles. The molecule has 1 aromatic heterocycles. The van der Waals surface area contributed by atoms with Crippen molar-refractivity contribution < 1.29 is 9.39 Å². The highest BCUT2D eigenvalue weighted by atomic mass is 32.1. The molecule has 2 aliphatic heterocycles. The van der Waals surface area contributed by atoms with E-state index in [0.29, 0.717) is 0 Å². The van der Waals surface area contributed by atoms with Crippen LogP contribution in [0.25, 0.3) is 31.3 Å². The molecular weight excluding hydrogens is 607 g/mol. The average Bonchev–Trinajstić information content (AvgIpc) is 3.52. The van der Waals surface area contributed by atoms with Gasteiger partial charge in [0.15, 0.2) is 8.07 Å². The Labute approximate surface area is 278 Å². The number of hydrogen-bond acceptors (Lipinski definition) is 3. The molecule has 7 aromatic carbocycles. The molecule has 0 bridgehead atoms. The number of hydrogen-bond donors (Lipinski definition) is 0. The van der Waals surface area contributed by atoms with E-state index >= 15 is 0 Å². The molecule has 2 aliphatic rings. The van der Waals surface area contributed by atoms with Crippen LogP contribution in [0.4, 0.5) is 0 Å². The van der Waals surface area contributed by atoms with Gasteiger partial charge in [0, 0.05) is 36.7 Å². The van der Waals surface area contributed by atoms with Crippen molar-refractivity contribution in [3.05, 3.63) is 164 Å². The highest BCUT2D eigenvalue weighted by Crippen LogP contribution is 2.39. The maximum absolute atomic E-state index is 6.86. The Morgan fingerprint density at radius 2 is 1.15 bits per heavy atom. The number of thiophene rings is 1. The first-order valence-electron chi connectivity index (χ1n) is 16.0. The Morgan fingerprint density at radius 3 is 1.96 bits per heavy atom. The van der Waals surface area contributed by atoms with Crippen LogP contribution in [0.15, 0.2) is 164 Å². The summed E-state index contributed by atoms with van der Waals surface area (Å²) in [4.78, 5) is 0. The van der Waals surface area contributed by atoms with Crippen LogP contribution in [0, 0.1) is 0 Å². The van der Waals surface area contributed by atoms with Gasteiger partial charge in [-0.3, -0.25) is 0 Å². The lowest BCUT2D eigenvalue weighted by Crippen LogP contribution is -2.75. The van der Waals surface area contributed by atoms with Crippen LogP contribution < -0.4 is 41.1 Å². The minimum atomic E-state index is -2.96. The summed E-state index contributed by atoms with van der Waals surface area (Å²) in [5.74, 6) is 2.64. The van der Waals surface area contributed by atoms with Gasteiger partial charge in [0.05, 0.1) is 0 Å². The third-order valence-corrected chi connectivity index (χ3v) is 16.1. The number of para-hydroxylation sites is 2. The molecular formula is C42H27BO2SSi. The first-order valence-corrected chi connectivity index (χ1v) is 18.9. The van der Waals surface area contributed by atoms with Gasteiger partial charge in [-0.05, 0) is 50.6 Å². The second-order valence-electron chi connectivity index (χ2n) is 12.3. The van der Waals surface area contributed by atoms with Crippen molar-refractivity contribution in [2.24, 2.45) is 0 Å². The van der Waals surface area contributed by atoms with Crippen molar-refractivity contribution in [2.75, 3.05) is 0 Å². The van der Waals surface area contributed by atoms with Gasteiger partial charge >= 0.3 is 6.92 Å². The molecule has 10 rings (SSSR count). The number of benzene rings is 7. The lowest BCUT2D eigenvalue weighted by atomic mass is 9.51. The lowest BCUT2D eigenvalue weighted by Gasteiger charge is -2.38. The Balaban J connectivity index is 1.37. The molecule has 220 valence electrons. The monoisotopic (exact) mass is 634 g/mol. The van der Waals surface area contributed by atoms with Crippen molar-refractivity contribution in [2.45, 2.75) is 0 Å². The zero-order valence-corrected chi connectivity index (χ0v) is 27.2. The second-order valence-corrected chi connectivity index (χ2v) is 17.2. The van der Waals surface area contributed by atoms with Crippen LogP contribution >= 0.6 is 11.3 Å². The smallest absolute Gasteiger partial charge is 0.434 e. The summed E-state index contributed by atoms with van der Waals surface area (Å²) in [6.45, 7) is -0.232. The van der Waals surface area contributed by atoms with Gasteiger partial charge in [-0.1, -0.05) is 140 Å². The molecule has 0 spiro atoms. The summed E-state index contributed by atoms with van der Waals surface area (Å²) in [7, 11) is -2.96. The van der Waals surface area contributed by atoms with E-state index in [1.807, 2.05) is 17.4 Å². The van der Waals surface area contributed by atoms with E-state index in [1.165, 1.54) is 46.5 Å². The van der Waals surface area contributed by atoms with E-state index in [4.69, 9.17) is 9.39 Å². The number of rotatable bonds is 4. The predicted molar refractivity (Wildman–Crippen MR) is 201 cm³/mol. The Hall–Kier alpha value is -5.36. The Kier molecular flexibility index (Phi) is 5.89. The predicted octanol–water partition coefficient (Wildman–Crippen LogP) is 6.70. The van der Waals surface area contributed by atoms with Gasteiger partial charge in [-0.25, -0.2) is 0 Å². The van der Waals surface area contributed by atoms with E-state index in [9.17, 15) is 0 Å². The van der Waals surface area contributed by atoms with Crippen LogP contribution in [0.5, 0.6) is 17.2 Å². The molecule has 0 unspecified atom stereocenters. The van der Waals surface area contributed by atoms with Crippen LogP contribution in [0.3, 0.4) is 0 Å². The summed E-state index contributed by atoms with van der Waals surface area (Å²) < 4.78 is 16.3. The maximum atomic E-state index is 6.86. The first-order chi connectivity index (χ1) is 23.3. The van der Waals surface area contributed by atoms with Crippen molar-refractivity contribution in [3.63, 3.8) is 0 Å². The fourth-order valence-corrected chi connectivity index (χ4v) is 14.5. The molecule has 0 amide bonds. The highest BCUT2D eigenvalue weighted by molar-refractivity contribution is 7.30.